The van der Waals surface area contributed by atoms with E-state index in [-0.39, 0.29) is 12.0 Å². The summed E-state index contributed by atoms with van der Waals surface area (Å²) in [7, 11) is 1.35. The Bertz CT molecular complexity index is 510. The predicted octanol–water partition coefficient (Wildman–Crippen LogP) is 2.63. The number of hydrogen-bond acceptors (Lipinski definition) is 3. The van der Waals surface area contributed by atoms with Crippen LogP contribution in [-0.2, 0) is 4.74 Å². The third-order valence-electron chi connectivity index (χ3n) is 3.11. The summed E-state index contributed by atoms with van der Waals surface area (Å²) in [4.78, 5) is 27.0. The molecule has 7 heteroatoms. The zero-order valence-electron chi connectivity index (χ0n) is 10.9. The van der Waals surface area contributed by atoms with E-state index in [1.54, 1.807) is 28.0 Å². The van der Waals surface area contributed by atoms with E-state index in [1.807, 2.05) is 0 Å². The molecule has 1 aromatic rings. The number of methoxy groups -OCH3 is 1. The SMILES string of the molecule is COC(=O)N1CCN(C(=O)c2cc(Cl)cc(Br)c2)CC1. The van der Waals surface area contributed by atoms with E-state index in [0.29, 0.717) is 36.8 Å². The molecule has 1 aromatic carbocycles. The van der Waals surface area contributed by atoms with Crippen molar-refractivity contribution in [3.05, 3.63) is 33.3 Å². The zero-order chi connectivity index (χ0) is 14.7. The van der Waals surface area contributed by atoms with E-state index >= 15 is 0 Å². The molecule has 1 fully saturated rings. The molecule has 5 nitrogen and oxygen atoms in total. The minimum atomic E-state index is -0.359. The fourth-order valence-electron chi connectivity index (χ4n) is 2.08. The number of halogens is 2. The molecule has 0 spiro atoms. The zero-order valence-corrected chi connectivity index (χ0v) is 13.3. The van der Waals surface area contributed by atoms with Crippen LogP contribution in [0, 0.1) is 0 Å². The van der Waals surface area contributed by atoms with Crippen molar-refractivity contribution in [1.82, 2.24) is 9.80 Å². The Hall–Kier alpha value is -1.27. The molecule has 1 saturated heterocycles. The van der Waals surface area contributed by atoms with Crippen LogP contribution < -0.4 is 0 Å². The second-order valence-electron chi connectivity index (χ2n) is 4.41. The number of benzene rings is 1. The largest absolute Gasteiger partial charge is 0.453 e. The van der Waals surface area contributed by atoms with Crippen LogP contribution >= 0.6 is 27.5 Å². The van der Waals surface area contributed by atoms with Gasteiger partial charge in [-0.1, -0.05) is 27.5 Å². The lowest BCUT2D eigenvalue weighted by atomic mass is 10.2. The van der Waals surface area contributed by atoms with E-state index in [4.69, 9.17) is 11.6 Å². The first-order valence-electron chi connectivity index (χ1n) is 6.09. The molecule has 1 aliphatic heterocycles. The van der Waals surface area contributed by atoms with Gasteiger partial charge in [0.05, 0.1) is 7.11 Å². The van der Waals surface area contributed by atoms with Gasteiger partial charge in [0.25, 0.3) is 5.91 Å². The molecule has 0 radical (unpaired) electrons. The van der Waals surface area contributed by atoms with Crippen LogP contribution in [0.5, 0.6) is 0 Å². The molecule has 0 unspecified atom stereocenters. The van der Waals surface area contributed by atoms with Crippen LogP contribution in [-0.4, -0.2) is 55.1 Å². The third-order valence-corrected chi connectivity index (χ3v) is 3.79. The standard InChI is InChI=1S/C13H14BrClN2O3/c1-20-13(19)17-4-2-16(3-5-17)12(18)9-6-10(14)8-11(15)7-9/h6-8H,2-5H2,1H3. The average Bonchev–Trinajstić information content (AvgIpc) is 2.45. The summed E-state index contributed by atoms with van der Waals surface area (Å²) in [6, 6.07) is 5.11. The lowest BCUT2D eigenvalue weighted by Crippen LogP contribution is -2.50. The van der Waals surface area contributed by atoms with Crippen LogP contribution in [0.25, 0.3) is 0 Å². The number of carbonyl (C=O) groups excluding carboxylic acids is 2. The van der Waals surface area contributed by atoms with Crippen LogP contribution in [0.2, 0.25) is 5.02 Å². The van der Waals surface area contributed by atoms with Crippen LogP contribution in [0.3, 0.4) is 0 Å². The van der Waals surface area contributed by atoms with Crippen molar-refractivity contribution in [3.63, 3.8) is 0 Å². The van der Waals surface area contributed by atoms with Gasteiger partial charge in [0.2, 0.25) is 0 Å². The Kier molecular flexibility index (Phi) is 4.88. The summed E-state index contributed by atoms with van der Waals surface area (Å²) in [5, 5.41) is 0.510. The molecule has 0 bridgehead atoms. The Morgan fingerprint density at radius 1 is 1.15 bits per heavy atom. The van der Waals surface area contributed by atoms with Gasteiger partial charge in [0.1, 0.15) is 0 Å². The van der Waals surface area contributed by atoms with Gasteiger partial charge in [0, 0.05) is 41.2 Å². The molecule has 0 aromatic heterocycles. The van der Waals surface area contributed by atoms with Crippen molar-refractivity contribution >= 4 is 39.5 Å². The summed E-state index contributed by atoms with van der Waals surface area (Å²) in [5.74, 6) is -0.0854. The lowest BCUT2D eigenvalue weighted by Gasteiger charge is -2.33. The van der Waals surface area contributed by atoms with Gasteiger partial charge < -0.3 is 14.5 Å². The molecule has 0 N–H and O–H groups in total. The van der Waals surface area contributed by atoms with Crippen molar-refractivity contribution in [2.75, 3.05) is 33.3 Å². The van der Waals surface area contributed by atoms with Crippen LogP contribution in [0.4, 0.5) is 4.79 Å². The minimum Gasteiger partial charge on any atom is -0.453 e. The van der Waals surface area contributed by atoms with Crippen LogP contribution in [0.1, 0.15) is 10.4 Å². The van der Waals surface area contributed by atoms with Gasteiger partial charge in [-0.25, -0.2) is 4.79 Å². The number of nitrogens with zero attached hydrogens (tertiary/aromatic N) is 2. The summed E-state index contributed by atoms with van der Waals surface area (Å²) in [6.45, 7) is 1.91. The average molecular weight is 362 g/mol. The molecule has 1 aliphatic rings. The highest BCUT2D eigenvalue weighted by Gasteiger charge is 2.25. The first-order chi connectivity index (χ1) is 9.51. The summed E-state index contributed by atoms with van der Waals surface area (Å²) >= 11 is 9.27. The number of rotatable bonds is 1. The van der Waals surface area contributed by atoms with Gasteiger partial charge in [-0.05, 0) is 18.2 Å². The second kappa shape index (κ2) is 6.45. The van der Waals surface area contributed by atoms with Gasteiger partial charge >= 0.3 is 6.09 Å². The number of amides is 2. The van der Waals surface area contributed by atoms with E-state index < -0.39 is 0 Å². The Labute approximate surface area is 130 Å². The van der Waals surface area contributed by atoms with E-state index in [2.05, 4.69) is 20.7 Å². The maximum absolute atomic E-state index is 12.4. The van der Waals surface area contributed by atoms with E-state index in [9.17, 15) is 9.59 Å². The second-order valence-corrected chi connectivity index (χ2v) is 5.76. The molecule has 108 valence electrons. The fourth-order valence-corrected chi connectivity index (χ4v) is 2.94. The predicted molar refractivity (Wildman–Crippen MR) is 79.0 cm³/mol. The van der Waals surface area contributed by atoms with Gasteiger partial charge in [-0.3, -0.25) is 4.79 Å². The van der Waals surface area contributed by atoms with Crippen molar-refractivity contribution in [3.8, 4) is 0 Å². The Balaban J connectivity index is 2.03. The Morgan fingerprint density at radius 3 is 2.30 bits per heavy atom. The van der Waals surface area contributed by atoms with E-state index in [1.165, 1.54) is 7.11 Å². The number of ether oxygens (including phenoxy) is 1. The van der Waals surface area contributed by atoms with Gasteiger partial charge in [-0.15, -0.1) is 0 Å². The number of carbonyl (C=O) groups is 2. The smallest absolute Gasteiger partial charge is 0.409 e. The van der Waals surface area contributed by atoms with Gasteiger partial charge in [-0.2, -0.15) is 0 Å². The molecule has 0 saturated carbocycles. The minimum absolute atomic E-state index is 0.0854. The highest BCUT2D eigenvalue weighted by Crippen LogP contribution is 2.21. The molecular weight excluding hydrogens is 348 g/mol. The summed E-state index contributed by atoms with van der Waals surface area (Å²) < 4.78 is 5.43. The Morgan fingerprint density at radius 2 is 1.75 bits per heavy atom. The van der Waals surface area contributed by atoms with Crippen molar-refractivity contribution in [2.24, 2.45) is 0 Å². The molecular formula is C13H14BrClN2O3. The highest BCUT2D eigenvalue weighted by atomic mass is 79.9. The molecule has 20 heavy (non-hydrogen) atoms. The lowest BCUT2D eigenvalue weighted by molar-refractivity contribution is 0.0599. The first-order valence-corrected chi connectivity index (χ1v) is 7.26. The molecule has 2 rings (SSSR count). The van der Waals surface area contributed by atoms with Crippen molar-refractivity contribution in [2.45, 2.75) is 0 Å². The number of hydrogen-bond donors (Lipinski definition) is 0. The fraction of sp³-hybridized carbons (Fsp3) is 0.385. The quantitative estimate of drug-likeness (QED) is 0.772. The normalized spacial score (nSPS) is 15.2. The molecule has 1 heterocycles. The highest BCUT2D eigenvalue weighted by molar-refractivity contribution is 9.10. The van der Waals surface area contributed by atoms with Crippen molar-refractivity contribution in [1.29, 1.82) is 0 Å². The monoisotopic (exact) mass is 360 g/mol. The summed E-state index contributed by atoms with van der Waals surface area (Å²) in [5.41, 5.74) is 0.538. The maximum atomic E-state index is 12.4. The summed E-state index contributed by atoms with van der Waals surface area (Å²) in [6.07, 6.45) is -0.359. The topological polar surface area (TPSA) is 49.9 Å². The van der Waals surface area contributed by atoms with Crippen LogP contribution in [0.15, 0.2) is 22.7 Å². The van der Waals surface area contributed by atoms with E-state index in [0.717, 1.165) is 4.47 Å². The first kappa shape index (κ1) is 15.1. The molecule has 0 aliphatic carbocycles. The van der Waals surface area contributed by atoms with Crippen molar-refractivity contribution < 1.29 is 14.3 Å². The molecule has 2 amide bonds. The van der Waals surface area contributed by atoms with Gasteiger partial charge in [0.15, 0.2) is 0 Å². The third kappa shape index (κ3) is 3.43. The molecule has 0 atom stereocenters. The maximum Gasteiger partial charge on any atom is 0.409 e. The number of piperazine rings is 1.